The zero-order chi connectivity index (χ0) is 26.0. The molecule has 4 rings (SSSR count). The molecule has 13 heteroatoms. The Hall–Kier alpha value is -3.96. The molecule has 0 aliphatic carbocycles. The third-order valence-corrected chi connectivity index (χ3v) is 5.86. The van der Waals surface area contributed by atoms with Gasteiger partial charge in [0, 0.05) is 6.92 Å². The second-order valence-corrected chi connectivity index (χ2v) is 8.26. The first-order valence-corrected chi connectivity index (χ1v) is 10.9. The number of rotatable bonds is 7. The molecule has 36 heavy (non-hydrogen) atoms. The zero-order valence-electron chi connectivity index (χ0n) is 19.0. The molecule has 0 unspecified atom stereocenters. The molecule has 0 saturated carbocycles. The number of anilines is 1. The highest BCUT2D eigenvalue weighted by Gasteiger charge is 2.59. The minimum absolute atomic E-state index is 0.0640. The summed E-state index contributed by atoms with van der Waals surface area (Å²) in [5, 5.41) is 37.3. The second-order valence-electron chi connectivity index (χ2n) is 8.26. The number of esters is 1. The number of hydrogen-bond acceptors (Lipinski definition) is 10. The molecule has 3 heterocycles. The zero-order valence-corrected chi connectivity index (χ0v) is 19.0. The van der Waals surface area contributed by atoms with Crippen molar-refractivity contribution >= 4 is 23.2 Å². The topological polar surface area (TPSA) is 185 Å². The molecule has 0 spiro atoms. The van der Waals surface area contributed by atoms with Gasteiger partial charge in [0.25, 0.3) is 0 Å². The lowest BCUT2D eigenvalue weighted by Crippen LogP contribution is -2.42. The van der Waals surface area contributed by atoms with Crippen LogP contribution in [0.1, 0.15) is 18.2 Å². The summed E-state index contributed by atoms with van der Waals surface area (Å²) >= 11 is 0. The Balaban J connectivity index is 1.62. The number of nitrogens with one attached hydrogen (secondary N) is 1. The van der Waals surface area contributed by atoms with Crippen LogP contribution in [0.5, 0.6) is 0 Å². The molecule has 188 valence electrons. The lowest BCUT2D eigenvalue weighted by molar-refractivity contribution is -0.153. The number of halogens is 1. The number of aromatic nitrogens is 3. The van der Waals surface area contributed by atoms with Gasteiger partial charge >= 0.3 is 5.97 Å². The molecule has 5 N–H and O–H groups in total. The molecule has 2 aromatic heterocycles. The van der Waals surface area contributed by atoms with Gasteiger partial charge in [-0.25, -0.2) is 13.9 Å². The predicted octanol–water partition coefficient (Wildman–Crippen LogP) is -0.221. The third kappa shape index (κ3) is 4.50. The molecule has 5 atom stereocenters. The number of benzene rings is 1. The monoisotopic (exact) mass is 498 g/mol. The highest BCUT2D eigenvalue weighted by atomic mass is 19.1. The summed E-state index contributed by atoms with van der Waals surface area (Å²) in [7, 11) is 0. The minimum atomic E-state index is -2.05. The number of nitrogens with zero attached hydrogens (tertiary/aromatic N) is 4. The maximum absolute atomic E-state index is 13.1. The molecule has 1 aliphatic heterocycles. The van der Waals surface area contributed by atoms with Gasteiger partial charge in [0.15, 0.2) is 11.9 Å². The highest BCUT2D eigenvalue weighted by Crippen LogP contribution is 2.41. The first-order valence-electron chi connectivity index (χ1n) is 10.9. The summed E-state index contributed by atoms with van der Waals surface area (Å²) in [5.74, 6) is -1.61. The number of carbonyl (C=O) groups is 2. The van der Waals surface area contributed by atoms with Crippen molar-refractivity contribution in [3.8, 4) is 6.07 Å². The third-order valence-electron chi connectivity index (χ3n) is 5.86. The highest BCUT2D eigenvalue weighted by molar-refractivity contribution is 5.97. The summed E-state index contributed by atoms with van der Waals surface area (Å²) in [6.45, 7) is 0.507. The lowest BCUT2D eigenvalue weighted by Gasteiger charge is -2.24. The van der Waals surface area contributed by atoms with E-state index in [4.69, 9.17) is 15.2 Å². The Morgan fingerprint density at radius 3 is 2.72 bits per heavy atom. The van der Waals surface area contributed by atoms with E-state index in [1.807, 2.05) is 6.07 Å². The normalized spacial score (nSPS) is 24.3. The number of aliphatic hydroxyl groups is 2. The van der Waals surface area contributed by atoms with Crippen molar-refractivity contribution in [1.29, 1.82) is 5.26 Å². The van der Waals surface area contributed by atoms with E-state index in [2.05, 4.69) is 15.4 Å². The lowest BCUT2D eigenvalue weighted by atomic mass is 9.92. The largest absolute Gasteiger partial charge is 0.457 e. The summed E-state index contributed by atoms with van der Waals surface area (Å²) in [6.07, 6.45) is -2.85. The number of amides is 1. The van der Waals surface area contributed by atoms with Crippen LogP contribution < -0.4 is 11.1 Å². The van der Waals surface area contributed by atoms with Crippen molar-refractivity contribution in [3.05, 3.63) is 59.8 Å². The molecular weight excluding hydrogens is 475 g/mol. The van der Waals surface area contributed by atoms with Crippen LogP contribution in [-0.2, 0) is 31.1 Å². The van der Waals surface area contributed by atoms with E-state index in [-0.39, 0.29) is 23.4 Å². The van der Waals surface area contributed by atoms with Gasteiger partial charge < -0.3 is 30.7 Å². The van der Waals surface area contributed by atoms with Crippen LogP contribution in [0.4, 0.5) is 10.2 Å². The second kappa shape index (κ2) is 9.96. The van der Waals surface area contributed by atoms with E-state index in [1.54, 1.807) is 0 Å². The average molecular weight is 498 g/mol. The van der Waals surface area contributed by atoms with E-state index < -0.39 is 54.3 Å². The van der Waals surface area contributed by atoms with E-state index in [1.165, 1.54) is 40.9 Å². The van der Waals surface area contributed by atoms with Crippen molar-refractivity contribution in [1.82, 2.24) is 14.6 Å². The molecule has 1 aliphatic rings. The van der Waals surface area contributed by atoms with E-state index >= 15 is 0 Å². The Bertz CT molecular complexity index is 1320. The molecule has 0 radical (unpaired) electrons. The summed E-state index contributed by atoms with van der Waals surface area (Å²) in [6, 6.07) is 9.48. The fourth-order valence-electron chi connectivity index (χ4n) is 4.13. The first kappa shape index (κ1) is 25.1. The standard InChI is InChI=1S/C23H23FN6O6/c1-12(32)35-19-17(9-31)36-23(10-25,20(19)33)18-7-6-16-21(27-11-28-30(16)18)29-22(34)15(26)8-13-2-4-14(24)5-3-13/h2-7,11,15,17,19-20,31,33H,8-9,26H2,1H3,(H,27,28,29,34)/t15-,17+,19+,20+,23-/m0/s1. The van der Waals surface area contributed by atoms with Crippen molar-refractivity contribution in [2.45, 2.75) is 43.3 Å². The van der Waals surface area contributed by atoms with Gasteiger partial charge in [-0.15, -0.1) is 0 Å². The van der Waals surface area contributed by atoms with Crippen LogP contribution in [0.2, 0.25) is 0 Å². The van der Waals surface area contributed by atoms with Crippen LogP contribution in [0.3, 0.4) is 0 Å². The van der Waals surface area contributed by atoms with Gasteiger partial charge in [0.2, 0.25) is 11.5 Å². The van der Waals surface area contributed by atoms with Crippen LogP contribution >= 0.6 is 0 Å². The van der Waals surface area contributed by atoms with Gasteiger partial charge in [-0.2, -0.15) is 10.4 Å². The van der Waals surface area contributed by atoms with Crippen molar-refractivity contribution in [2.24, 2.45) is 5.73 Å². The molecule has 12 nitrogen and oxygen atoms in total. The Morgan fingerprint density at radius 2 is 2.08 bits per heavy atom. The molecular formula is C23H23FN6O6. The maximum atomic E-state index is 13.1. The smallest absolute Gasteiger partial charge is 0.303 e. The molecule has 1 aromatic carbocycles. The Kier molecular flexibility index (Phi) is 6.95. The first-order chi connectivity index (χ1) is 17.2. The van der Waals surface area contributed by atoms with Crippen LogP contribution in [0, 0.1) is 17.1 Å². The minimum Gasteiger partial charge on any atom is -0.457 e. The fourth-order valence-corrected chi connectivity index (χ4v) is 4.13. The van der Waals surface area contributed by atoms with Crippen molar-refractivity contribution in [3.63, 3.8) is 0 Å². The number of aliphatic hydroxyl groups excluding tert-OH is 2. The van der Waals surface area contributed by atoms with Crippen molar-refractivity contribution in [2.75, 3.05) is 11.9 Å². The van der Waals surface area contributed by atoms with Gasteiger partial charge in [-0.1, -0.05) is 12.1 Å². The number of ether oxygens (including phenoxy) is 2. The van der Waals surface area contributed by atoms with E-state index in [0.29, 0.717) is 5.56 Å². The SMILES string of the molecule is CC(=O)O[C@H]1[C@@H](O)[C@](C#N)(c2ccc3c(NC(=O)[C@@H](N)Cc4ccc(F)cc4)ncnn23)O[C@@H]1CO. The van der Waals surface area contributed by atoms with E-state index in [9.17, 15) is 29.5 Å². The molecule has 1 fully saturated rings. The van der Waals surface area contributed by atoms with Crippen LogP contribution in [0.25, 0.3) is 5.52 Å². The molecule has 1 saturated heterocycles. The maximum Gasteiger partial charge on any atom is 0.303 e. The average Bonchev–Trinajstić information content (AvgIpc) is 3.41. The van der Waals surface area contributed by atoms with Crippen molar-refractivity contribution < 1.29 is 33.7 Å². The number of fused-ring (bicyclic) bond motifs is 1. The number of carbonyl (C=O) groups excluding carboxylic acids is 2. The summed E-state index contributed by atoms with van der Waals surface area (Å²) < 4.78 is 25.2. The van der Waals surface area contributed by atoms with Gasteiger partial charge in [0.05, 0.1) is 18.3 Å². The molecule has 1 amide bonds. The van der Waals surface area contributed by atoms with Gasteiger partial charge in [0.1, 0.15) is 35.9 Å². The summed E-state index contributed by atoms with van der Waals surface area (Å²) in [5.41, 5.74) is 4.96. The van der Waals surface area contributed by atoms with Gasteiger partial charge in [-0.05, 0) is 36.2 Å². The van der Waals surface area contributed by atoms with Crippen LogP contribution in [-0.4, -0.2) is 67.6 Å². The fraction of sp³-hybridized carbons (Fsp3) is 0.348. The number of nitrogens with two attached hydrogens (primary N) is 1. The Morgan fingerprint density at radius 1 is 1.36 bits per heavy atom. The van der Waals surface area contributed by atoms with Crippen LogP contribution in [0.15, 0.2) is 42.7 Å². The quantitative estimate of drug-likeness (QED) is 0.317. The molecule has 0 bridgehead atoms. The molecule has 3 aromatic rings. The predicted molar refractivity (Wildman–Crippen MR) is 121 cm³/mol. The summed E-state index contributed by atoms with van der Waals surface area (Å²) in [4.78, 5) is 28.3. The number of nitriles is 1. The van der Waals surface area contributed by atoms with Gasteiger partial charge in [-0.3, -0.25) is 9.59 Å². The number of hydrogen-bond donors (Lipinski definition) is 4. The van der Waals surface area contributed by atoms with E-state index in [0.717, 1.165) is 13.3 Å². The Labute approximate surface area is 204 Å².